The number of sulfonamides is 1. The lowest BCUT2D eigenvalue weighted by molar-refractivity contribution is 0.263. The molecular formula is C12H19BrN4O2S. The van der Waals surface area contributed by atoms with E-state index >= 15 is 0 Å². The van der Waals surface area contributed by atoms with Crippen molar-refractivity contribution in [2.24, 2.45) is 5.92 Å². The van der Waals surface area contributed by atoms with E-state index < -0.39 is 10.0 Å². The number of hydrogen-bond acceptors (Lipinski definition) is 5. The van der Waals surface area contributed by atoms with Gasteiger partial charge in [-0.25, -0.2) is 13.4 Å². The Morgan fingerprint density at radius 2 is 2.10 bits per heavy atom. The van der Waals surface area contributed by atoms with Crippen LogP contribution in [-0.2, 0) is 10.0 Å². The number of anilines is 1. The fraction of sp³-hybridized carbons (Fsp3) is 0.583. The average Bonchev–Trinajstić information content (AvgIpc) is 2.75. The molecule has 2 heterocycles. The monoisotopic (exact) mass is 362 g/mol. The van der Waals surface area contributed by atoms with Crippen molar-refractivity contribution in [3.05, 3.63) is 16.7 Å². The first-order valence-electron chi connectivity index (χ1n) is 6.31. The maximum absolute atomic E-state index is 12.7. The van der Waals surface area contributed by atoms with Gasteiger partial charge < -0.3 is 10.6 Å². The number of halogens is 1. The van der Waals surface area contributed by atoms with Crippen LogP contribution in [-0.4, -0.2) is 55.8 Å². The molecule has 2 unspecified atom stereocenters. The predicted octanol–water partition coefficient (Wildman–Crippen LogP) is 0.997. The Labute approximate surface area is 128 Å². The van der Waals surface area contributed by atoms with Gasteiger partial charge in [0.15, 0.2) is 0 Å². The summed E-state index contributed by atoms with van der Waals surface area (Å²) < 4.78 is 27.5. The van der Waals surface area contributed by atoms with E-state index in [2.05, 4.69) is 32.7 Å². The SMILES string of the molecule is CC1CN(S(=O)(=O)c2cc(Br)cnc2N)CC1N(C)C. The van der Waals surface area contributed by atoms with Crippen molar-refractivity contribution in [3.8, 4) is 0 Å². The van der Waals surface area contributed by atoms with Gasteiger partial charge in [0.2, 0.25) is 10.0 Å². The second kappa shape index (κ2) is 5.59. The Morgan fingerprint density at radius 3 is 2.65 bits per heavy atom. The van der Waals surface area contributed by atoms with Crippen molar-refractivity contribution in [1.82, 2.24) is 14.2 Å². The number of aromatic nitrogens is 1. The van der Waals surface area contributed by atoms with Crippen molar-refractivity contribution in [1.29, 1.82) is 0 Å². The lowest BCUT2D eigenvalue weighted by atomic mass is 10.1. The first-order valence-corrected chi connectivity index (χ1v) is 8.54. The summed E-state index contributed by atoms with van der Waals surface area (Å²) in [6.07, 6.45) is 1.49. The van der Waals surface area contributed by atoms with Crippen LogP contribution in [0.15, 0.2) is 21.6 Å². The van der Waals surface area contributed by atoms with Gasteiger partial charge in [0.25, 0.3) is 0 Å². The third-order valence-corrected chi connectivity index (χ3v) is 5.96. The molecule has 8 heteroatoms. The predicted molar refractivity (Wildman–Crippen MR) is 81.7 cm³/mol. The van der Waals surface area contributed by atoms with E-state index in [-0.39, 0.29) is 22.7 Å². The fourth-order valence-corrected chi connectivity index (χ4v) is 4.69. The zero-order chi connectivity index (χ0) is 15.1. The normalized spacial score (nSPS) is 24.4. The molecule has 0 amide bonds. The molecule has 1 fully saturated rings. The molecule has 2 N–H and O–H groups in total. The number of pyridine rings is 1. The Bertz CT molecular complexity index is 605. The van der Waals surface area contributed by atoms with E-state index in [9.17, 15) is 8.42 Å². The first-order chi connectivity index (χ1) is 9.23. The summed E-state index contributed by atoms with van der Waals surface area (Å²) in [6, 6.07) is 1.72. The molecule has 0 saturated carbocycles. The summed E-state index contributed by atoms with van der Waals surface area (Å²) in [4.78, 5) is 6.03. The van der Waals surface area contributed by atoms with E-state index in [4.69, 9.17) is 5.73 Å². The molecule has 1 aromatic rings. The van der Waals surface area contributed by atoms with Gasteiger partial charge in [-0.15, -0.1) is 0 Å². The van der Waals surface area contributed by atoms with Crippen LogP contribution in [0.3, 0.4) is 0 Å². The van der Waals surface area contributed by atoms with Gasteiger partial charge in [0.05, 0.1) is 0 Å². The van der Waals surface area contributed by atoms with Crippen LogP contribution in [0.5, 0.6) is 0 Å². The van der Waals surface area contributed by atoms with E-state index in [1.165, 1.54) is 16.6 Å². The molecule has 0 bridgehead atoms. The molecule has 1 aromatic heterocycles. The van der Waals surface area contributed by atoms with E-state index in [1.807, 2.05) is 14.1 Å². The van der Waals surface area contributed by atoms with Crippen molar-refractivity contribution >= 4 is 31.8 Å². The highest BCUT2D eigenvalue weighted by Gasteiger charge is 2.39. The lowest BCUT2D eigenvalue weighted by Gasteiger charge is -2.22. The summed E-state index contributed by atoms with van der Waals surface area (Å²) in [5.74, 6) is 0.315. The molecule has 2 atom stereocenters. The van der Waals surface area contributed by atoms with Crippen LogP contribution in [0.25, 0.3) is 0 Å². The van der Waals surface area contributed by atoms with Crippen LogP contribution >= 0.6 is 15.9 Å². The molecule has 0 aromatic carbocycles. The minimum absolute atomic E-state index is 0.0363. The lowest BCUT2D eigenvalue weighted by Crippen LogP contribution is -2.36. The number of nitrogens with two attached hydrogens (primary N) is 1. The molecule has 1 saturated heterocycles. The highest BCUT2D eigenvalue weighted by molar-refractivity contribution is 9.10. The molecule has 0 spiro atoms. The number of nitrogen functional groups attached to an aromatic ring is 1. The van der Waals surface area contributed by atoms with Crippen LogP contribution in [0.2, 0.25) is 0 Å². The van der Waals surface area contributed by atoms with E-state index in [1.54, 1.807) is 0 Å². The van der Waals surface area contributed by atoms with Gasteiger partial charge in [0, 0.05) is 29.8 Å². The van der Waals surface area contributed by atoms with Crippen LogP contribution < -0.4 is 5.73 Å². The molecular weight excluding hydrogens is 344 g/mol. The fourth-order valence-electron chi connectivity index (χ4n) is 2.55. The van der Waals surface area contributed by atoms with Gasteiger partial charge in [-0.05, 0) is 42.0 Å². The molecule has 2 rings (SSSR count). The van der Waals surface area contributed by atoms with Crippen molar-refractivity contribution in [2.75, 3.05) is 32.9 Å². The highest BCUT2D eigenvalue weighted by atomic mass is 79.9. The molecule has 6 nitrogen and oxygen atoms in total. The second-order valence-corrected chi connectivity index (χ2v) is 8.19. The molecule has 1 aliphatic heterocycles. The topological polar surface area (TPSA) is 79.5 Å². The maximum atomic E-state index is 12.7. The quantitative estimate of drug-likeness (QED) is 0.867. The summed E-state index contributed by atoms with van der Waals surface area (Å²) in [7, 11) is 0.327. The minimum atomic E-state index is -3.60. The average molecular weight is 363 g/mol. The zero-order valence-corrected chi connectivity index (χ0v) is 14.1. The summed E-state index contributed by atoms with van der Waals surface area (Å²) in [5, 5.41) is 0. The van der Waals surface area contributed by atoms with E-state index in [0.29, 0.717) is 17.6 Å². The summed E-state index contributed by atoms with van der Waals surface area (Å²) >= 11 is 3.24. The third-order valence-electron chi connectivity index (χ3n) is 3.67. The molecule has 112 valence electrons. The number of likely N-dealkylation sites (N-methyl/N-ethyl adjacent to an activating group) is 1. The van der Waals surface area contributed by atoms with Crippen LogP contribution in [0.1, 0.15) is 6.92 Å². The van der Waals surface area contributed by atoms with E-state index in [0.717, 1.165) is 0 Å². The van der Waals surface area contributed by atoms with Crippen molar-refractivity contribution < 1.29 is 8.42 Å². The highest BCUT2D eigenvalue weighted by Crippen LogP contribution is 2.29. The largest absolute Gasteiger partial charge is 0.383 e. The Kier molecular flexibility index (Phi) is 4.38. The number of rotatable bonds is 3. The first kappa shape index (κ1) is 15.7. The van der Waals surface area contributed by atoms with Gasteiger partial charge >= 0.3 is 0 Å². The molecule has 20 heavy (non-hydrogen) atoms. The molecule has 0 radical (unpaired) electrons. The molecule has 0 aliphatic carbocycles. The van der Waals surface area contributed by atoms with Crippen LogP contribution in [0.4, 0.5) is 5.82 Å². The van der Waals surface area contributed by atoms with Crippen LogP contribution in [0, 0.1) is 5.92 Å². The van der Waals surface area contributed by atoms with Gasteiger partial charge in [-0.3, -0.25) is 0 Å². The number of hydrogen-bond donors (Lipinski definition) is 1. The minimum Gasteiger partial charge on any atom is -0.383 e. The maximum Gasteiger partial charge on any atom is 0.246 e. The standard InChI is InChI=1S/C12H19BrN4O2S/c1-8-6-17(7-10(8)16(2)3)20(18,19)11-4-9(13)5-15-12(11)14/h4-5,8,10H,6-7H2,1-3H3,(H2,14,15). The third kappa shape index (κ3) is 2.83. The Hall–Kier alpha value is -0.700. The number of nitrogens with zero attached hydrogens (tertiary/aromatic N) is 3. The zero-order valence-electron chi connectivity index (χ0n) is 11.7. The smallest absolute Gasteiger partial charge is 0.246 e. The molecule has 1 aliphatic rings. The van der Waals surface area contributed by atoms with Crippen molar-refractivity contribution in [3.63, 3.8) is 0 Å². The second-order valence-electron chi connectivity index (χ2n) is 5.37. The Morgan fingerprint density at radius 1 is 1.45 bits per heavy atom. The Balaban J connectivity index is 2.35. The summed E-state index contributed by atoms with van der Waals surface area (Å²) in [6.45, 7) is 3.03. The van der Waals surface area contributed by atoms with Gasteiger partial charge in [-0.2, -0.15) is 4.31 Å². The van der Waals surface area contributed by atoms with Crippen molar-refractivity contribution in [2.45, 2.75) is 17.9 Å². The van der Waals surface area contributed by atoms with Gasteiger partial charge in [-0.1, -0.05) is 6.92 Å². The van der Waals surface area contributed by atoms with Gasteiger partial charge in [0.1, 0.15) is 10.7 Å². The summed E-state index contributed by atoms with van der Waals surface area (Å²) in [5.41, 5.74) is 5.72.